The van der Waals surface area contributed by atoms with Crippen molar-refractivity contribution in [2.45, 2.75) is 44.2 Å². The van der Waals surface area contributed by atoms with Crippen LogP contribution in [0.25, 0.3) is 10.9 Å². The molecule has 3 rings (SSSR count). The number of para-hydroxylation sites is 1. The van der Waals surface area contributed by atoms with Gasteiger partial charge in [-0.1, -0.05) is 37.5 Å². The first-order chi connectivity index (χ1) is 12.1. The molecule has 1 aliphatic rings. The van der Waals surface area contributed by atoms with Gasteiger partial charge in [-0.15, -0.1) is 0 Å². The number of benzene rings is 1. The molecule has 0 spiro atoms. The van der Waals surface area contributed by atoms with E-state index in [0.29, 0.717) is 19.4 Å². The molecule has 25 heavy (non-hydrogen) atoms. The number of carbonyl (C=O) groups excluding carboxylic acids is 2. The van der Waals surface area contributed by atoms with Gasteiger partial charge in [-0.2, -0.15) is 0 Å². The van der Waals surface area contributed by atoms with Crippen molar-refractivity contribution in [1.82, 2.24) is 20.9 Å². The predicted octanol–water partition coefficient (Wildman–Crippen LogP) is 2.48. The summed E-state index contributed by atoms with van der Waals surface area (Å²) in [6.07, 6.45) is 6.09. The number of nitrogens with one attached hydrogen (secondary N) is 3. The van der Waals surface area contributed by atoms with Crippen LogP contribution in [-0.4, -0.2) is 29.5 Å². The van der Waals surface area contributed by atoms with E-state index >= 15 is 0 Å². The maximum Gasteiger partial charge on any atom is 0.315 e. The van der Waals surface area contributed by atoms with E-state index in [9.17, 15) is 9.59 Å². The van der Waals surface area contributed by atoms with Crippen LogP contribution in [0.5, 0.6) is 0 Å². The third-order valence-electron chi connectivity index (χ3n) is 4.90. The average Bonchev–Trinajstić information content (AvgIpc) is 2.66. The molecule has 1 saturated carbocycles. The second-order valence-corrected chi connectivity index (χ2v) is 6.52. The van der Waals surface area contributed by atoms with Crippen molar-refractivity contribution in [2.75, 3.05) is 7.05 Å². The van der Waals surface area contributed by atoms with Crippen molar-refractivity contribution < 1.29 is 9.59 Å². The first-order valence-corrected chi connectivity index (χ1v) is 8.75. The molecule has 6 heteroatoms. The summed E-state index contributed by atoms with van der Waals surface area (Å²) in [6, 6.07) is 9.42. The topological polar surface area (TPSA) is 83.1 Å². The summed E-state index contributed by atoms with van der Waals surface area (Å²) < 4.78 is 0. The Hall–Kier alpha value is -2.63. The second kappa shape index (κ2) is 7.51. The highest BCUT2D eigenvalue weighted by Gasteiger charge is 2.40. The number of pyridine rings is 1. The SMILES string of the molecule is CNC(=O)C1(NC(=O)NCc2ccnc3ccccc23)CCCCC1. The number of rotatable bonds is 4. The molecule has 0 saturated heterocycles. The van der Waals surface area contributed by atoms with E-state index < -0.39 is 5.54 Å². The van der Waals surface area contributed by atoms with Crippen LogP contribution in [0.2, 0.25) is 0 Å². The molecule has 1 heterocycles. The average molecular weight is 340 g/mol. The van der Waals surface area contributed by atoms with Gasteiger partial charge in [0.2, 0.25) is 5.91 Å². The van der Waals surface area contributed by atoms with Gasteiger partial charge in [-0.25, -0.2) is 4.79 Å². The normalized spacial score (nSPS) is 16.2. The van der Waals surface area contributed by atoms with E-state index in [-0.39, 0.29) is 11.9 Å². The summed E-state index contributed by atoms with van der Waals surface area (Å²) in [7, 11) is 1.61. The molecule has 3 amide bonds. The third kappa shape index (κ3) is 3.73. The van der Waals surface area contributed by atoms with Crippen LogP contribution in [0.15, 0.2) is 36.5 Å². The maximum atomic E-state index is 12.4. The number of nitrogens with zero attached hydrogens (tertiary/aromatic N) is 1. The lowest BCUT2D eigenvalue weighted by Crippen LogP contribution is -2.60. The Morgan fingerprint density at radius 1 is 1.12 bits per heavy atom. The number of carbonyl (C=O) groups is 2. The van der Waals surface area contributed by atoms with E-state index in [4.69, 9.17) is 0 Å². The number of aromatic nitrogens is 1. The van der Waals surface area contributed by atoms with Gasteiger partial charge >= 0.3 is 6.03 Å². The van der Waals surface area contributed by atoms with Crippen molar-refractivity contribution in [3.05, 3.63) is 42.1 Å². The van der Waals surface area contributed by atoms with Crippen LogP contribution < -0.4 is 16.0 Å². The molecule has 1 aliphatic carbocycles. The summed E-state index contributed by atoms with van der Waals surface area (Å²) in [5.41, 5.74) is 1.10. The standard InChI is InChI=1S/C19H24N4O2/c1-20-17(24)19(10-5-2-6-11-19)23-18(25)22-13-14-9-12-21-16-8-4-3-7-15(14)16/h3-4,7-9,12H,2,5-6,10-11,13H2,1H3,(H,20,24)(H2,22,23,25). The zero-order valence-corrected chi connectivity index (χ0v) is 14.5. The van der Waals surface area contributed by atoms with Gasteiger partial charge in [-0.05, 0) is 30.5 Å². The maximum absolute atomic E-state index is 12.4. The molecule has 1 aromatic heterocycles. The number of likely N-dealkylation sites (N-methyl/N-ethyl adjacent to an activating group) is 1. The Balaban J connectivity index is 1.68. The first kappa shape index (κ1) is 17.2. The van der Waals surface area contributed by atoms with E-state index in [0.717, 1.165) is 35.7 Å². The highest BCUT2D eigenvalue weighted by molar-refractivity contribution is 5.91. The van der Waals surface area contributed by atoms with Crippen LogP contribution in [0, 0.1) is 0 Å². The van der Waals surface area contributed by atoms with E-state index in [1.165, 1.54) is 0 Å². The van der Waals surface area contributed by atoms with Gasteiger partial charge in [0.05, 0.1) is 5.52 Å². The second-order valence-electron chi connectivity index (χ2n) is 6.52. The van der Waals surface area contributed by atoms with E-state index in [1.807, 2.05) is 30.3 Å². The largest absolute Gasteiger partial charge is 0.357 e. The lowest BCUT2D eigenvalue weighted by Gasteiger charge is -2.36. The van der Waals surface area contributed by atoms with Gasteiger partial charge in [-0.3, -0.25) is 9.78 Å². The van der Waals surface area contributed by atoms with Crippen molar-refractivity contribution in [3.63, 3.8) is 0 Å². The van der Waals surface area contributed by atoms with Crippen LogP contribution in [0.3, 0.4) is 0 Å². The van der Waals surface area contributed by atoms with Crippen LogP contribution in [0.4, 0.5) is 4.79 Å². The van der Waals surface area contributed by atoms with Crippen LogP contribution in [-0.2, 0) is 11.3 Å². The van der Waals surface area contributed by atoms with Gasteiger partial charge in [0.1, 0.15) is 5.54 Å². The molecule has 6 nitrogen and oxygen atoms in total. The summed E-state index contributed by atoms with van der Waals surface area (Å²) in [4.78, 5) is 29.1. The molecule has 0 bridgehead atoms. The molecule has 1 fully saturated rings. The van der Waals surface area contributed by atoms with Crippen LogP contribution in [0.1, 0.15) is 37.7 Å². The lowest BCUT2D eigenvalue weighted by molar-refractivity contribution is -0.128. The Kier molecular flexibility index (Phi) is 5.16. The molecule has 0 unspecified atom stereocenters. The van der Waals surface area contributed by atoms with Crippen molar-refractivity contribution >= 4 is 22.8 Å². The van der Waals surface area contributed by atoms with E-state index in [1.54, 1.807) is 13.2 Å². The molecule has 3 N–H and O–H groups in total. The molecule has 0 atom stereocenters. The van der Waals surface area contributed by atoms with Crippen molar-refractivity contribution in [1.29, 1.82) is 0 Å². The van der Waals surface area contributed by atoms with Gasteiger partial charge in [0.25, 0.3) is 0 Å². The van der Waals surface area contributed by atoms with Crippen molar-refractivity contribution in [2.24, 2.45) is 0 Å². The van der Waals surface area contributed by atoms with E-state index in [2.05, 4.69) is 20.9 Å². The zero-order chi connectivity index (χ0) is 17.7. The summed E-state index contributed by atoms with van der Waals surface area (Å²) in [5.74, 6) is -0.114. The van der Waals surface area contributed by atoms with Crippen LogP contribution >= 0.6 is 0 Å². The highest BCUT2D eigenvalue weighted by atomic mass is 16.2. The third-order valence-corrected chi connectivity index (χ3v) is 4.90. The molecular weight excluding hydrogens is 316 g/mol. The summed E-state index contributed by atoms with van der Waals surface area (Å²) >= 11 is 0. The van der Waals surface area contributed by atoms with Gasteiger partial charge in [0.15, 0.2) is 0 Å². The minimum atomic E-state index is -0.794. The number of fused-ring (bicyclic) bond motifs is 1. The Labute approximate surface area is 147 Å². The first-order valence-electron chi connectivity index (χ1n) is 8.75. The number of urea groups is 1. The lowest BCUT2D eigenvalue weighted by atomic mass is 9.81. The van der Waals surface area contributed by atoms with Crippen molar-refractivity contribution in [3.8, 4) is 0 Å². The zero-order valence-electron chi connectivity index (χ0n) is 14.5. The number of amides is 3. The molecular formula is C19H24N4O2. The molecule has 1 aromatic carbocycles. The predicted molar refractivity (Wildman–Crippen MR) is 97.0 cm³/mol. The molecule has 0 radical (unpaired) electrons. The Morgan fingerprint density at radius 2 is 1.88 bits per heavy atom. The van der Waals surface area contributed by atoms with Gasteiger partial charge < -0.3 is 16.0 Å². The smallest absolute Gasteiger partial charge is 0.315 e. The highest BCUT2D eigenvalue weighted by Crippen LogP contribution is 2.28. The number of hydrogen-bond donors (Lipinski definition) is 3. The molecule has 132 valence electrons. The molecule has 2 aromatic rings. The fraction of sp³-hybridized carbons (Fsp3) is 0.421. The van der Waals surface area contributed by atoms with Gasteiger partial charge in [0, 0.05) is 25.2 Å². The monoisotopic (exact) mass is 340 g/mol. The number of hydrogen-bond acceptors (Lipinski definition) is 3. The quantitative estimate of drug-likeness (QED) is 0.799. The minimum Gasteiger partial charge on any atom is -0.357 e. The summed E-state index contributed by atoms with van der Waals surface area (Å²) in [5, 5.41) is 9.51. The molecule has 0 aliphatic heterocycles. The summed E-state index contributed by atoms with van der Waals surface area (Å²) in [6.45, 7) is 0.388. The Bertz CT molecular complexity index is 764. The Morgan fingerprint density at radius 3 is 2.64 bits per heavy atom. The fourth-order valence-corrected chi connectivity index (χ4v) is 3.55. The minimum absolute atomic E-state index is 0.114. The fourth-order valence-electron chi connectivity index (χ4n) is 3.55.